The van der Waals surface area contributed by atoms with Gasteiger partial charge < -0.3 is 5.32 Å². The van der Waals surface area contributed by atoms with Crippen LogP contribution in [0.2, 0.25) is 0 Å². The molecule has 2 aromatic rings. The van der Waals surface area contributed by atoms with Gasteiger partial charge in [-0.1, -0.05) is 29.0 Å². The molecule has 8 heteroatoms. The van der Waals surface area contributed by atoms with Crippen molar-refractivity contribution in [2.75, 3.05) is 16.8 Å². The van der Waals surface area contributed by atoms with Crippen molar-refractivity contribution in [3.8, 4) is 0 Å². The smallest absolute Gasteiger partial charge is 0.263 e. The highest BCUT2D eigenvalue weighted by atomic mass is 16.2. The molecule has 0 saturated carbocycles. The van der Waals surface area contributed by atoms with Gasteiger partial charge in [-0.3, -0.25) is 19.4 Å². The molecule has 1 fully saturated rings. The van der Waals surface area contributed by atoms with Crippen LogP contribution in [-0.2, 0) is 14.4 Å². The predicted octanol–water partition coefficient (Wildman–Crippen LogP) is 2.54. The quantitative estimate of drug-likeness (QED) is 0.811. The molecule has 2 aliphatic rings. The summed E-state index contributed by atoms with van der Waals surface area (Å²) in [4.78, 5) is 39.2. The third-order valence-corrected chi connectivity index (χ3v) is 5.25. The molecule has 148 valence electrons. The summed E-state index contributed by atoms with van der Waals surface area (Å²) in [5.41, 5.74) is 4.38. The molecule has 0 radical (unpaired) electrons. The van der Waals surface area contributed by atoms with Gasteiger partial charge in [-0.2, -0.15) is 5.11 Å². The number of carbonyl (C=O) groups excluding carboxylic acids is 3. The van der Waals surface area contributed by atoms with E-state index in [1.54, 1.807) is 12.1 Å². The van der Waals surface area contributed by atoms with Gasteiger partial charge >= 0.3 is 0 Å². The molecule has 1 N–H and O–H groups in total. The van der Waals surface area contributed by atoms with Crippen molar-refractivity contribution >= 4 is 29.1 Å². The second-order valence-electron chi connectivity index (χ2n) is 7.39. The number of hydrogen-bond donors (Lipinski definition) is 1. The van der Waals surface area contributed by atoms with Gasteiger partial charge in [0.25, 0.3) is 11.8 Å². The maximum Gasteiger partial charge on any atom is 0.263 e. The molecule has 8 nitrogen and oxygen atoms in total. The fraction of sp³-hybridized carbons (Fsp3) is 0.286. The normalized spacial score (nSPS) is 20.4. The van der Waals surface area contributed by atoms with Gasteiger partial charge in [-0.25, -0.2) is 4.90 Å². The summed E-state index contributed by atoms with van der Waals surface area (Å²) in [6.45, 7) is 5.72. The first-order chi connectivity index (χ1) is 13.8. The van der Waals surface area contributed by atoms with E-state index in [1.165, 1.54) is 5.01 Å². The van der Waals surface area contributed by atoms with E-state index in [-0.39, 0.29) is 12.5 Å². The number of hydrogen-bond acceptors (Lipinski definition) is 6. The monoisotopic (exact) mass is 391 g/mol. The predicted molar refractivity (Wildman–Crippen MR) is 107 cm³/mol. The zero-order valence-corrected chi connectivity index (χ0v) is 16.4. The molecule has 0 unspecified atom stereocenters. The summed E-state index contributed by atoms with van der Waals surface area (Å²) in [5, 5.41) is 11.9. The van der Waals surface area contributed by atoms with E-state index in [4.69, 9.17) is 0 Å². The number of aryl methyl sites for hydroxylation is 3. The molecule has 0 spiro atoms. The third kappa shape index (κ3) is 3.37. The Morgan fingerprint density at radius 1 is 1.00 bits per heavy atom. The summed E-state index contributed by atoms with van der Waals surface area (Å²) < 4.78 is 0. The van der Waals surface area contributed by atoms with Crippen LogP contribution in [0.1, 0.15) is 16.7 Å². The molecule has 0 aromatic heterocycles. The molecule has 0 bridgehead atoms. The van der Waals surface area contributed by atoms with Crippen molar-refractivity contribution in [3.05, 3.63) is 59.2 Å². The fourth-order valence-electron chi connectivity index (χ4n) is 3.47. The molecule has 29 heavy (non-hydrogen) atoms. The average molecular weight is 391 g/mol. The van der Waals surface area contributed by atoms with Crippen LogP contribution in [0.3, 0.4) is 0 Å². The van der Waals surface area contributed by atoms with E-state index in [0.717, 1.165) is 21.6 Å². The number of imide groups is 1. The molecule has 2 aliphatic heterocycles. The van der Waals surface area contributed by atoms with Gasteiger partial charge in [0.05, 0.1) is 5.69 Å². The van der Waals surface area contributed by atoms with Crippen molar-refractivity contribution in [2.45, 2.75) is 32.9 Å². The van der Waals surface area contributed by atoms with Crippen LogP contribution in [0.5, 0.6) is 0 Å². The second kappa shape index (κ2) is 7.12. The first kappa shape index (κ1) is 18.8. The standard InChI is InChI=1S/C21H21N5O3/c1-12-4-8-16(9-5-12)26-20(28)18-19(21(26)29)25(24-23-18)11-17(27)22-15-7-6-13(2)14(3)10-15/h4-10,18-19H,11H2,1-3H3,(H,22,27)/t18-,19-/m0/s1. The Morgan fingerprint density at radius 2 is 1.72 bits per heavy atom. The molecule has 0 aliphatic carbocycles. The van der Waals surface area contributed by atoms with Crippen molar-refractivity contribution in [3.63, 3.8) is 0 Å². The van der Waals surface area contributed by atoms with Gasteiger partial charge in [-0.05, 0) is 56.2 Å². The molecule has 1 saturated heterocycles. The highest BCUT2D eigenvalue weighted by Crippen LogP contribution is 2.31. The Hall–Kier alpha value is -3.55. The molecule has 3 amide bonds. The van der Waals surface area contributed by atoms with Crippen LogP contribution >= 0.6 is 0 Å². The Kier molecular flexibility index (Phi) is 4.62. The second-order valence-corrected chi connectivity index (χ2v) is 7.39. The van der Waals surface area contributed by atoms with Crippen molar-refractivity contribution in [1.29, 1.82) is 0 Å². The summed E-state index contributed by atoms with van der Waals surface area (Å²) in [7, 11) is 0. The molecule has 2 aromatic carbocycles. The topological polar surface area (TPSA) is 94.4 Å². The Morgan fingerprint density at radius 3 is 2.41 bits per heavy atom. The van der Waals surface area contributed by atoms with E-state index in [2.05, 4.69) is 15.7 Å². The molecule has 2 atom stereocenters. The number of carbonyl (C=O) groups is 3. The SMILES string of the molecule is Cc1ccc(N2C(=O)[C@H]3N=NN(CC(=O)Nc4ccc(C)c(C)c4)[C@@H]3C2=O)cc1. The number of benzene rings is 2. The highest BCUT2D eigenvalue weighted by molar-refractivity contribution is 6.25. The first-order valence-corrected chi connectivity index (χ1v) is 9.34. The largest absolute Gasteiger partial charge is 0.324 e. The zero-order chi connectivity index (χ0) is 20.7. The van der Waals surface area contributed by atoms with Gasteiger partial charge in [0.2, 0.25) is 5.91 Å². The van der Waals surface area contributed by atoms with Crippen molar-refractivity contribution < 1.29 is 14.4 Å². The fourth-order valence-corrected chi connectivity index (χ4v) is 3.47. The zero-order valence-electron chi connectivity index (χ0n) is 16.4. The minimum absolute atomic E-state index is 0.168. The lowest BCUT2D eigenvalue weighted by molar-refractivity contribution is -0.123. The molecular formula is C21H21N5O3. The molecule has 4 rings (SSSR count). The van der Waals surface area contributed by atoms with E-state index >= 15 is 0 Å². The number of amides is 3. The number of fused-ring (bicyclic) bond motifs is 1. The summed E-state index contributed by atoms with van der Waals surface area (Å²) in [5.74, 6) is -1.18. The number of nitrogens with one attached hydrogen (secondary N) is 1. The third-order valence-electron chi connectivity index (χ3n) is 5.25. The Labute approximate surface area is 168 Å². The van der Waals surface area contributed by atoms with E-state index < -0.39 is 23.9 Å². The maximum absolute atomic E-state index is 12.9. The maximum atomic E-state index is 12.9. The van der Waals surface area contributed by atoms with Gasteiger partial charge in [0.15, 0.2) is 12.1 Å². The van der Waals surface area contributed by atoms with Crippen molar-refractivity contribution in [1.82, 2.24) is 5.01 Å². The summed E-state index contributed by atoms with van der Waals surface area (Å²) in [6, 6.07) is 10.9. The van der Waals surface area contributed by atoms with Gasteiger partial charge in [-0.15, -0.1) is 0 Å². The van der Waals surface area contributed by atoms with Crippen LogP contribution in [0.4, 0.5) is 11.4 Å². The number of rotatable bonds is 4. The van der Waals surface area contributed by atoms with Crippen molar-refractivity contribution in [2.24, 2.45) is 10.3 Å². The summed E-state index contributed by atoms with van der Waals surface area (Å²) >= 11 is 0. The van der Waals surface area contributed by atoms with E-state index in [9.17, 15) is 14.4 Å². The minimum Gasteiger partial charge on any atom is -0.324 e. The van der Waals surface area contributed by atoms with E-state index in [0.29, 0.717) is 11.4 Å². The molecule has 2 heterocycles. The van der Waals surface area contributed by atoms with Crippen LogP contribution < -0.4 is 10.2 Å². The number of nitrogens with zero attached hydrogens (tertiary/aromatic N) is 4. The lowest BCUT2D eigenvalue weighted by Crippen LogP contribution is -2.43. The van der Waals surface area contributed by atoms with Gasteiger partial charge in [0, 0.05) is 5.69 Å². The molecular weight excluding hydrogens is 370 g/mol. The summed E-state index contributed by atoms with van der Waals surface area (Å²) in [6.07, 6.45) is 0. The lowest BCUT2D eigenvalue weighted by atomic mass is 10.1. The number of anilines is 2. The lowest BCUT2D eigenvalue weighted by Gasteiger charge is -2.20. The van der Waals surface area contributed by atoms with Gasteiger partial charge in [0.1, 0.15) is 6.54 Å². The van der Waals surface area contributed by atoms with Crippen LogP contribution in [-0.4, -0.2) is 41.4 Å². The Bertz CT molecular complexity index is 1030. The average Bonchev–Trinajstić information content (AvgIpc) is 3.19. The van der Waals surface area contributed by atoms with Crippen LogP contribution in [0.25, 0.3) is 0 Å². The Balaban J connectivity index is 1.48. The van der Waals surface area contributed by atoms with Crippen LogP contribution in [0.15, 0.2) is 52.8 Å². The first-order valence-electron chi connectivity index (χ1n) is 9.34. The van der Waals surface area contributed by atoms with Crippen LogP contribution in [0, 0.1) is 20.8 Å². The minimum atomic E-state index is -0.918. The van der Waals surface area contributed by atoms with E-state index in [1.807, 2.05) is 51.1 Å². The highest BCUT2D eigenvalue weighted by Gasteiger charge is 2.55.